The second kappa shape index (κ2) is 7.41. The molecule has 0 aliphatic rings. The molecule has 0 bridgehead atoms. The van der Waals surface area contributed by atoms with E-state index in [4.69, 9.17) is 4.74 Å². The van der Waals surface area contributed by atoms with Crippen LogP contribution in [0.4, 0.5) is 4.39 Å². The minimum absolute atomic E-state index is 0.158. The van der Waals surface area contributed by atoms with Crippen LogP contribution < -0.4 is 10.1 Å². The Morgan fingerprint density at radius 2 is 1.95 bits per heavy atom. The van der Waals surface area contributed by atoms with Gasteiger partial charge < -0.3 is 10.1 Å². The maximum absolute atomic E-state index is 13.3. The fraction of sp³-hybridized carbons (Fsp3) is 0.250. The number of ether oxygens (including phenoxy) is 1. The number of halogens is 2. The second-order valence-electron chi connectivity index (χ2n) is 4.40. The maximum atomic E-state index is 13.3. The Kier molecular flexibility index (Phi) is 5.56. The summed E-state index contributed by atoms with van der Waals surface area (Å²) in [5, 5.41) is 3.27. The van der Waals surface area contributed by atoms with Gasteiger partial charge in [0.2, 0.25) is 0 Å². The molecule has 2 rings (SSSR count). The van der Waals surface area contributed by atoms with E-state index >= 15 is 0 Å². The first-order chi connectivity index (χ1) is 9.70. The molecule has 1 atom stereocenters. The van der Waals surface area contributed by atoms with Crippen LogP contribution in [0.2, 0.25) is 0 Å². The zero-order valence-electron chi connectivity index (χ0n) is 11.3. The molecule has 0 aliphatic heterocycles. The Labute approximate surface area is 127 Å². The number of rotatable bonds is 6. The lowest BCUT2D eigenvalue weighted by Gasteiger charge is -2.20. The van der Waals surface area contributed by atoms with Crippen molar-refractivity contribution in [2.45, 2.75) is 13.0 Å². The van der Waals surface area contributed by atoms with E-state index in [1.165, 1.54) is 12.1 Å². The molecule has 2 nitrogen and oxygen atoms in total. The highest BCUT2D eigenvalue weighted by atomic mass is 79.9. The van der Waals surface area contributed by atoms with E-state index in [0.29, 0.717) is 12.3 Å². The molecule has 1 N–H and O–H groups in total. The van der Waals surface area contributed by atoms with Crippen molar-refractivity contribution in [2.24, 2.45) is 0 Å². The molecular weight excluding hydrogens is 321 g/mol. The summed E-state index contributed by atoms with van der Waals surface area (Å²) in [5.74, 6) is 0.204. The highest BCUT2D eigenvalue weighted by Crippen LogP contribution is 2.30. The van der Waals surface area contributed by atoms with Crippen molar-refractivity contribution in [3.63, 3.8) is 0 Å². The van der Waals surface area contributed by atoms with E-state index in [2.05, 4.69) is 21.2 Å². The van der Waals surface area contributed by atoms with Gasteiger partial charge in [0.1, 0.15) is 17.7 Å². The third-order valence-electron chi connectivity index (χ3n) is 2.91. The highest BCUT2D eigenvalue weighted by molar-refractivity contribution is 9.10. The second-order valence-corrected chi connectivity index (χ2v) is 5.25. The van der Waals surface area contributed by atoms with Gasteiger partial charge in [-0.2, -0.15) is 0 Å². The highest BCUT2D eigenvalue weighted by Gasteiger charge is 2.14. The van der Waals surface area contributed by atoms with Gasteiger partial charge >= 0.3 is 0 Å². The van der Waals surface area contributed by atoms with Crippen LogP contribution in [-0.2, 0) is 0 Å². The fourth-order valence-electron chi connectivity index (χ4n) is 1.89. The van der Waals surface area contributed by atoms with Crippen LogP contribution in [-0.4, -0.2) is 13.1 Å². The third-order valence-corrected chi connectivity index (χ3v) is 3.57. The van der Waals surface area contributed by atoms with Gasteiger partial charge in [-0.25, -0.2) is 4.39 Å². The summed E-state index contributed by atoms with van der Waals surface area (Å²) in [6.07, 6.45) is -0.158. The normalized spacial score (nSPS) is 12.2. The molecule has 0 heterocycles. The van der Waals surface area contributed by atoms with Crippen molar-refractivity contribution in [1.82, 2.24) is 5.32 Å². The Balaban J connectivity index is 2.21. The first-order valence-electron chi connectivity index (χ1n) is 6.58. The Hall–Kier alpha value is -1.39. The van der Waals surface area contributed by atoms with Gasteiger partial charge in [0.25, 0.3) is 0 Å². The summed E-state index contributed by atoms with van der Waals surface area (Å²) in [6.45, 7) is 3.57. The molecule has 106 valence electrons. The minimum Gasteiger partial charge on any atom is -0.483 e. The molecule has 2 aromatic carbocycles. The molecule has 4 heteroatoms. The van der Waals surface area contributed by atoms with Crippen molar-refractivity contribution in [1.29, 1.82) is 0 Å². The van der Waals surface area contributed by atoms with Gasteiger partial charge in [-0.3, -0.25) is 0 Å². The van der Waals surface area contributed by atoms with Crippen molar-refractivity contribution in [3.05, 3.63) is 64.4 Å². The molecular formula is C16H17BrFNO. The monoisotopic (exact) mass is 337 g/mol. The lowest BCUT2D eigenvalue weighted by molar-refractivity contribution is 0.200. The van der Waals surface area contributed by atoms with Crippen molar-refractivity contribution in [2.75, 3.05) is 13.1 Å². The largest absolute Gasteiger partial charge is 0.483 e. The predicted octanol–water partition coefficient (Wildman–Crippen LogP) is 4.32. The molecule has 0 fully saturated rings. The molecule has 1 unspecified atom stereocenters. The van der Waals surface area contributed by atoms with Gasteiger partial charge in [-0.15, -0.1) is 0 Å². The minimum atomic E-state index is -0.307. The van der Waals surface area contributed by atoms with Crippen LogP contribution in [0.5, 0.6) is 5.75 Å². The molecule has 0 saturated carbocycles. The number of benzene rings is 2. The zero-order chi connectivity index (χ0) is 14.4. The molecule has 2 aromatic rings. The Morgan fingerprint density at radius 1 is 1.20 bits per heavy atom. The summed E-state index contributed by atoms with van der Waals surface area (Å²) in [5.41, 5.74) is 1.06. The number of hydrogen-bond acceptors (Lipinski definition) is 2. The lowest BCUT2D eigenvalue weighted by atomic mass is 10.1. The van der Waals surface area contributed by atoms with E-state index < -0.39 is 0 Å². The van der Waals surface area contributed by atoms with E-state index in [-0.39, 0.29) is 11.9 Å². The summed E-state index contributed by atoms with van der Waals surface area (Å²) in [7, 11) is 0. The van der Waals surface area contributed by atoms with Gasteiger partial charge in [-0.1, -0.05) is 37.3 Å². The first kappa shape index (κ1) is 15.0. The van der Waals surface area contributed by atoms with Gasteiger partial charge in [0.05, 0.1) is 4.47 Å². The van der Waals surface area contributed by atoms with Crippen molar-refractivity contribution >= 4 is 15.9 Å². The van der Waals surface area contributed by atoms with Crippen LogP contribution in [0.3, 0.4) is 0 Å². The molecule has 0 spiro atoms. The lowest BCUT2D eigenvalue weighted by Crippen LogP contribution is -2.25. The van der Waals surface area contributed by atoms with Crippen LogP contribution in [0.25, 0.3) is 0 Å². The SMILES string of the molecule is CCNCC(Oc1cc(F)ccc1Br)c1ccccc1. The smallest absolute Gasteiger partial charge is 0.137 e. The molecule has 0 radical (unpaired) electrons. The Bertz CT molecular complexity index is 547. The molecule has 0 amide bonds. The fourth-order valence-corrected chi connectivity index (χ4v) is 2.23. The average molecular weight is 338 g/mol. The van der Waals surface area contributed by atoms with E-state index in [1.54, 1.807) is 6.07 Å². The molecule has 0 aliphatic carbocycles. The molecule has 20 heavy (non-hydrogen) atoms. The summed E-state index contributed by atoms with van der Waals surface area (Å²) >= 11 is 3.39. The summed E-state index contributed by atoms with van der Waals surface area (Å²) in [4.78, 5) is 0. The van der Waals surface area contributed by atoms with E-state index in [9.17, 15) is 4.39 Å². The zero-order valence-corrected chi connectivity index (χ0v) is 12.9. The average Bonchev–Trinajstić information content (AvgIpc) is 2.48. The predicted molar refractivity (Wildman–Crippen MR) is 82.5 cm³/mol. The number of hydrogen-bond donors (Lipinski definition) is 1. The number of likely N-dealkylation sites (N-methyl/N-ethyl adjacent to an activating group) is 1. The molecule has 0 saturated heterocycles. The number of nitrogens with one attached hydrogen (secondary N) is 1. The standard InChI is InChI=1S/C16H17BrFNO/c1-2-19-11-16(12-6-4-3-5-7-12)20-15-10-13(18)8-9-14(15)17/h3-10,16,19H,2,11H2,1H3. The summed E-state index contributed by atoms with van der Waals surface area (Å²) < 4.78 is 20.0. The topological polar surface area (TPSA) is 21.3 Å². The summed E-state index contributed by atoms with van der Waals surface area (Å²) in [6, 6.07) is 14.4. The van der Waals surface area contributed by atoms with Gasteiger partial charge in [0, 0.05) is 12.6 Å². The van der Waals surface area contributed by atoms with E-state index in [0.717, 1.165) is 16.6 Å². The Morgan fingerprint density at radius 3 is 2.65 bits per heavy atom. The first-order valence-corrected chi connectivity index (χ1v) is 7.37. The quantitative estimate of drug-likeness (QED) is 0.847. The van der Waals surface area contributed by atoms with Crippen LogP contribution in [0, 0.1) is 5.82 Å². The molecule has 0 aromatic heterocycles. The van der Waals surface area contributed by atoms with Crippen LogP contribution in [0.15, 0.2) is 53.0 Å². The van der Waals surface area contributed by atoms with Crippen LogP contribution >= 0.6 is 15.9 Å². The maximum Gasteiger partial charge on any atom is 0.137 e. The van der Waals surface area contributed by atoms with Crippen molar-refractivity contribution in [3.8, 4) is 5.75 Å². The third kappa shape index (κ3) is 4.05. The van der Waals surface area contributed by atoms with Crippen LogP contribution in [0.1, 0.15) is 18.6 Å². The van der Waals surface area contributed by atoms with Crippen molar-refractivity contribution < 1.29 is 9.13 Å². The van der Waals surface area contributed by atoms with Gasteiger partial charge in [0.15, 0.2) is 0 Å². The van der Waals surface area contributed by atoms with E-state index in [1.807, 2.05) is 37.3 Å². The van der Waals surface area contributed by atoms with Gasteiger partial charge in [-0.05, 0) is 40.2 Å².